The van der Waals surface area contributed by atoms with Crippen molar-refractivity contribution in [2.24, 2.45) is 15.9 Å². The van der Waals surface area contributed by atoms with Gasteiger partial charge in [-0.05, 0) is 75.3 Å². The fraction of sp³-hybridized carbons (Fsp3) is 0.458. The number of nitrogens with two attached hydrogens (primary N) is 2. The minimum atomic E-state index is -3.68. The number of benzene rings is 2. The van der Waals surface area contributed by atoms with Gasteiger partial charge >= 0.3 is 0 Å². The molecule has 0 aliphatic carbocycles. The lowest BCUT2D eigenvalue weighted by Gasteiger charge is -2.35. The maximum absolute atomic E-state index is 12.8. The highest BCUT2D eigenvalue weighted by molar-refractivity contribution is 7.91. The van der Waals surface area contributed by atoms with Gasteiger partial charge in [0.15, 0.2) is 0 Å². The molecule has 1 atom stereocenters. The second kappa shape index (κ2) is 12.1. The lowest BCUT2D eigenvalue weighted by atomic mass is 9.96. The lowest BCUT2D eigenvalue weighted by molar-refractivity contribution is 0.0826. The third kappa shape index (κ3) is 8.10. The van der Waals surface area contributed by atoms with Gasteiger partial charge in [0.25, 0.3) is 16.0 Å². The van der Waals surface area contributed by atoms with Crippen molar-refractivity contribution in [1.29, 1.82) is 0 Å². The molecule has 0 saturated carbocycles. The predicted molar refractivity (Wildman–Crippen MR) is 129 cm³/mol. The molecule has 0 radical (unpaired) electrons. The van der Waals surface area contributed by atoms with Crippen molar-refractivity contribution in [2.45, 2.75) is 56.8 Å². The molecule has 0 aromatic heterocycles. The van der Waals surface area contributed by atoms with Crippen molar-refractivity contribution in [3.63, 3.8) is 0 Å². The Morgan fingerprint density at radius 3 is 2.27 bits per heavy atom. The molecule has 33 heavy (non-hydrogen) atoms. The van der Waals surface area contributed by atoms with Gasteiger partial charge in [0, 0.05) is 6.61 Å². The van der Waals surface area contributed by atoms with Crippen LogP contribution in [0.3, 0.4) is 0 Å². The molecule has 5 N–H and O–H groups in total. The third-order valence-corrected chi connectivity index (χ3v) is 7.28. The van der Waals surface area contributed by atoms with E-state index in [-0.39, 0.29) is 18.4 Å². The first kappa shape index (κ1) is 26.8. The summed E-state index contributed by atoms with van der Waals surface area (Å²) >= 11 is 0. The van der Waals surface area contributed by atoms with E-state index in [0.29, 0.717) is 31.4 Å². The topological polar surface area (TPSA) is 128 Å². The quantitative estimate of drug-likeness (QED) is 0.534. The number of aliphatic hydroxyl groups is 1. The Hall–Kier alpha value is -2.49. The highest BCUT2D eigenvalue weighted by Crippen LogP contribution is 2.30. The summed E-state index contributed by atoms with van der Waals surface area (Å²) in [5, 5.41) is 7.73. The fourth-order valence-electron chi connectivity index (χ4n) is 3.59. The van der Waals surface area contributed by atoms with E-state index in [4.69, 9.17) is 21.3 Å². The van der Waals surface area contributed by atoms with Crippen LogP contribution in [0.2, 0.25) is 0 Å². The molecule has 2 aromatic rings. The zero-order chi connectivity index (χ0) is 24.5. The molecule has 0 amide bonds. The average Bonchev–Trinajstić information content (AvgIpc) is 2.75. The maximum atomic E-state index is 12.8. The van der Waals surface area contributed by atoms with Crippen LogP contribution in [0.4, 0.5) is 4.39 Å². The van der Waals surface area contributed by atoms with E-state index in [0.717, 1.165) is 18.4 Å². The summed E-state index contributed by atoms with van der Waals surface area (Å²) in [4.78, 5) is 0. The Bertz CT molecular complexity index is 1020. The number of rotatable bonds is 8. The van der Waals surface area contributed by atoms with Gasteiger partial charge in [-0.2, -0.15) is 0 Å². The summed E-state index contributed by atoms with van der Waals surface area (Å²) < 4.78 is 46.2. The van der Waals surface area contributed by atoms with Gasteiger partial charge in [-0.1, -0.05) is 42.5 Å². The van der Waals surface area contributed by atoms with Crippen molar-refractivity contribution in [1.82, 2.24) is 0 Å². The van der Waals surface area contributed by atoms with E-state index in [1.54, 1.807) is 32.0 Å². The Morgan fingerprint density at radius 1 is 1.06 bits per heavy atom. The van der Waals surface area contributed by atoms with E-state index < -0.39 is 20.9 Å². The number of amidine groups is 1. The molecule has 0 spiro atoms. The Balaban J connectivity index is 0.000000294. The van der Waals surface area contributed by atoms with Crippen LogP contribution in [-0.2, 0) is 34.0 Å². The molecule has 1 unspecified atom stereocenters. The molecule has 7 nitrogen and oxygen atoms in total. The van der Waals surface area contributed by atoms with Gasteiger partial charge in [-0.3, -0.25) is 0 Å². The smallest absolute Gasteiger partial charge is 0.298 e. The summed E-state index contributed by atoms with van der Waals surface area (Å²) in [7, 11) is -3.68. The lowest BCUT2D eigenvalue weighted by Crippen LogP contribution is -2.51. The first-order valence-corrected chi connectivity index (χ1v) is 12.5. The number of ether oxygens (including phenoxy) is 1. The van der Waals surface area contributed by atoms with E-state index in [1.807, 2.05) is 24.3 Å². The van der Waals surface area contributed by atoms with Crippen molar-refractivity contribution in [3.05, 3.63) is 71.0 Å². The van der Waals surface area contributed by atoms with E-state index in [1.165, 1.54) is 11.6 Å². The molecular weight excluding hydrogens is 445 g/mol. The van der Waals surface area contributed by atoms with Gasteiger partial charge in [-0.25, -0.2) is 12.8 Å². The monoisotopic (exact) mass is 479 g/mol. The van der Waals surface area contributed by atoms with E-state index in [2.05, 4.69) is 4.40 Å². The molecule has 0 saturated heterocycles. The Kier molecular flexibility index (Phi) is 9.82. The first-order chi connectivity index (χ1) is 15.6. The SMILES string of the molecule is CC1(C)OC(N)=NS(=O)(=O)C1Cc1ccc(CCCN)cc1.OCCCc1ccccc1F. The van der Waals surface area contributed by atoms with Crippen LogP contribution in [0.5, 0.6) is 0 Å². The van der Waals surface area contributed by atoms with Gasteiger partial charge in [0.05, 0.1) is 0 Å². The normalized spacial score (nSPS) is 18.5. The molecule has 3 rings (SSSR count). The molecule has 182 valence electrons. The zero-order valence-electron chi connectivity index (χ0n) is 19.2. The van der Waals surface area contributed by atoms with E-state index in [9.17, 15) is 12.8 Å². The molecular formula is C24H34FN3O4S. The molecule has 0 fully saturated rings. The van der Waals surface area contributed by atoms with Crippen molar-refractivity contribution in [2.75, 3.05) is 13.2 Å². The molecule has 1 aliphatic rings. The number of aryl methyl sites for hydroxylation is 2. The van der Waals surface area contributed by atoms with Gasteiger partial charge < -0.3 is 21.3 Å². The number of hydrogen-bond donors (Lipinski definition) is 3. The summed E-state index contributed by atoms with van der Waals surface area (Å²) in [5.41, 5.74) is 12.8. The molecule has 2 aromatic carbocycles. The number of halogens is 1. The van der Waals surface area contributed by atoms with Gasteiger partial charge in [0.2, 0.25) is 0 Å². The van der Waals surface area contributed by atoms with Crippen LogP contribution in [0, 0.1) is 5.82 Å². The Labute approximate surface area is 195 Å². The summed E-state index contributed by atoms with van der Waals surface area (Å²) in [5.74, 6) is -0.180. The van der Waals surface area contributed by atoms with Gasteiger partial charge in [-0.15, -0.1) is 4.40 Å². The van der Waals surface area contributed by atoms with E-state index >= 15 is 0 Å². The summed E-state index contributed by atoms with van der Waals surface area (Å²) in [6, 6.07) is 14.2. The average molecular weight is 480 g/mol. The second-order valence-corrected chi connectivity index (χ2v) is 10.3. The Morgan fingerprint density at radius 2 is 1.70 bits per heavy atom. The standard InChI is InChI=1S/C15H23N3O3S.C9H11FO/c1-15(2)13(22(19,20)18-14(17)21-15)10-12-7-5-11(6-8-12)4-3-9-16;10-9-6-2-1-4-8(9)5-3-7-11/h5-8,13H,3-4,9-10,16H2,1-2H3,(H2,17,18);1-2,4,6,11H,3,5,7H2. The predicted octanol–water partition coefficient (Wildman–Crippen LogP) is 2.69. The number of hydrogen-bond acceptors (Lipinski definition) is 6. The fourth-order valence-corrected chi connectivity index (χ4v) is 5.17. The van der Waals surface area contributed by atoms with Crippen LogP contribution in [-0.4, -0.2) is 43.5 Å². The van der Waals surface area contributed by atoms with Crippen molar-refractivity contribution >= 4 is 16.0 Å². The number of sulfonamides is 1. The molecule has 0 bridgehead atoms. The first-order valence-electron chi connectivity index (χ1n) is 11.0. The van der Waals surface area contributed by atoms with Crippen LogP contribution in [0.25, 0.3) is 0 Å². The summed E-state index contributed by atoms with van der Waals surface area (Å²) in [6.45, 7) is 4.21. The largest absolute Gasteiger partial charge is 0.457 e. The minimum absolute atomic E-state index is 0.119. The number of nitrogens with zero attached hydrogens (tertiary/aromatic N) is 1. The van der Waals surface area contributed by atoms with Crippen LogP contribution >= 0.6 is 0 Å². The maximum Gasteiger partial charge on any atom is 0.298 e. The zero-order valence-corrected chi connectivity index (χ0v) is 20.0. The van der Waals surface area contributed by atoms with Crippen LogP contribution in [0.15, 0.2) is 52.9 Å². The van der Waals surface area contributed by atoms with Crippen LogP contribution < -0.4 is 11.5 Å². The molecule has 9 heteroatoms. The van der Waals surface area contributed by atoms with Crippen molar-refractivity contribution < 1.29 is 22.7 Å². The second-order valence-electron chi connectivity index (χ2n) is 8.47. The molecule has 1 aliphatic heterocycles. The highest BCUT2D eigenvalue weighted by atomic mass is 32.2. The summed E-state index contributed by atoms with van der Waals surface area (Å²) in [6.07, 6.45) is 3.44. The van der Waals surface area contributed by atoms with Gasteiger partial charge in [0.1, 0.15) is 16.7 Å². The van der Waals surface area contributed by atoms with Crippen molar-refractivity contribution in [3.8, 4) is 0 Å². The van der Waals surface area contributed by atoms with Crippen LogP contribution in [0.1, 0.15) is 43.4 Å². The third-order valence-electron chi connectivity index (χ3n) is 5.40. The minimum Gasteiger partial charge on any atom is -0.457 e. The highest BCUT2D eigenvalue weighted by Gasteiger charge is 2.45. The number of aliphatic hydroxyl groups excluding tert-OH is 1. The molecule has 1 heterocycles.